The largest absolute Gasteiger partial charge is 0.354 e. The summed E-state index contributed by atoms with van der Waals surface area (Å²) >= 11 is 7.69. The van der Waals surface area contributed by atoms with Crippen LogP contribution in [0.2, 0.25) is 4.34 Å². The third kappa shape index (κ3) is 6.60. The molecule has 2 aromatic rings. The molecule has 0 radical (unpaired) electrons. The Balaban J connectivity index is 0.00000261. The highest BCUT2D eigenvalue weighted by atomic mass is 127. The minimum Gasteiger partial charge on any atom is -0.354 e. The first-order valence-electron chi connectivity index (χ1n) is 9.28. The molecule has 2 heterocycles. The van der Waals surface area contributed by atoms with E-state index in [9.17, 15) is 0 Å². The van der Waals surface area contributed by atoms with Crippen LogP contribution in [-0.2, 0) is 19.5 Å². The first-order valence-corrected chi connectivity index (χ1v) is 10.5. The summed E-state index contributed by atoms with van der Waals surface area (Å²) in [4.78, 5) is 8.30. The molecule has 0 aromatic carbocycles. The fourth-order valence-corrected chi connectivity index (χ4v) is 4.42. The van der Waals surface area contributed by atoms with Crippen molar-refractivity contribution in [1.82, 2.24) is 25.0 Å². The van der Waals surface area contributed by atoms with Crippen molar-refractivity contribution in [3.63, 3.8) is 0 Å². The second kappa shape index (κ2) is 11.2. The predicted octanol–water partition coefficient (Wildman–Crippen LogP) is 4.19. The van der Waals surface area contributed by atoms with Crippen LogP contribution in [0.1, 0.15) is 43.3 Å². The zero-order chi connectivity index (χ0) is 18.4. The summed E-state index contributed by atoms with van der Waals surface area (Å²) in [6, 6.07) is 4.57. The number of aryl methyl sites for hydroxylation is 1. The molecular weight excluding hydrogens is 495 g/mol. The van der Waals surface area contributed by atoms with Crippen LogP contribution in [0.4, 0.5) is 0 Å². The Hall–Kier alpha value is -0.870. The van der Waals surface area contributed by atoms with Gasteiger partial charge in [-0.1, -0.05) is 31.4 Å². The summed E-state index contributed by atoms with van der Waals surface area (Å²) < 4.78 is 2.91. The molecule has 0 bridgehead atoms. The minimum absolute atomic E-state index is 0. The van der Waals surface area contributed by atoms with Crippen molar-refractivity contribution in [3.05, 3.63) is 33.5 Å². The maximum atomic E-state index is 6.07. The fourth-order valence-electron chi connectivity index (χ4n) is 3.28. The lowest BCUT2D eigenvalue weighted by atomic mass is 10.2. The molecule has 0 spiro atoms. The van der Waals surface area contributed by atoms with Crippen LogP contribution in [0.5, 0.6) is 0 Å². The van der Waals surface area contributed by atoms with Gasteiger partial charge in [0, 0.05) is 30.9 Å². The average Bonchev–Trinajstić information content (AvgIpc) is 3.36. The van der Waals surface area contributed by atoms with E-state index in [1.165, 1.54) is 30.6 Å². The summed E-state index contributed by atoms with van der Waals surface area (Å²) in [6.45, 7) is 4.40. The lowest BCUT2D eigenvalue weighted by Crippen LogP contribution is -2.43. The summed E-state index contributed by atoms with van der Waals surface area (Å²) in [5, 5.41) is 11.8. The number of hydrogen-bond acceptors (Lipinski definition) is 4. The molecule has 0 atom stereocenters. The van der Waals surface area contributed by atoms with E-state index in [2.05, 4.69) is 45.0 Å². The molecule has 1 fully saturated rings. The molecule has 150 valence electrons. The van der Waals surface area contributed by atoms with E-state index in [0.29, 0.717) is 12.6 Å². The van der Waals surface area contributed by atoms with Crippen molar-refractivity contribution in [2.75, 3.05) is 13.6 Å². The van der Waals surface area contributed by atoms with Crippen LogP contribution >= 0.6 is 46.9 Å². The Kier molecular flexibility index (Phi) is 9.31. The van der Waals surface area contributed by atoms with Crippen LogP contribution in [0.15, 0.2) is 23.5 Å². The number of nitrogens with one attached hydrogen (secondary N) is 1. The lowest BCUT2D eigenvalue weighted by molar-refractivity contribution is 0.459. The SMILES string of the molecule is CCc1nncn1CCN=C(NC1CCCC1)N(C)Cc1ccc(Cl)s1.I. The van der Waals surface area contributed by atoms with Gasteiger partial charge in [0.15, 0.2) is 5.96 Å². The maximum Gasteiger partial charge on any atom is 0.194 e. The molecule has 0 aliphatic heterocycles. The number of thiophene rings is 1. The second-order valence-corrected chi connectivity index (χ2v) is 8.49. The molecule has 27 heavy (non-hydrogen) atoms. The number of aliphatic imine (C=N–C) groups is 1. The van der Waals surface area contributed by atoms with Gasteiger partial charge < -0.3 is 14.8 Å². The van der Waals surface area contributed by atoms with E-state index < -0.39 is 0 Å². The molecule has 0 unspecified atom stereocenters. The van der Waals surface area contributed by atoms with E-state index in [-0.39, 0.29) is 24.0 Å². The number of aromatic nitrogens is 3. The van der Waals surface area contributed by atoms with Gasteiger partial charge in [0.1, 0.15) is 12.2 Å². The van der Waals surface area contributed by atoms with Gasteiger partial charge in [0.25, 0.3) is 0 Å². The van der Waals surface area contributed by atoms with Gasteiger partial charge in [-0.15, -0.1) is 45.5 Å². The Morgan fingerprint density at radius 3 is 2.85 bits per heavy atom. The number of rotatable bonds is 7. The molecule has 1 aliphatic rings. The molecule has 0 amide bonds. The highest BCUT2D eigenvalue weighted by Gasteiger charge is 2.18. The van der Waals surface area contributed by atoms with Crippen molar-refractivity contribution in [2.24, 2.45) is 4.99 Å². The van der Waals surface area contributed by atoms with Gasteiger partial charge in [-0.25, -0.2) is 0 Å². The number of guanidine groups is 1. The van der Waals surface area contributed by atoms with Crippen molar-refractivity contribution < 1.29 is 0 Å². The van der Waals surface area contributed by atoms with Crippen LogP contribution in [0, 0.1) is 0 Å². The normalized spacial score (nSPS) is 15.0. The van der Waals surface area contributed by atoms with E-state index in [0.717, 1.165) is 35.6 Å². The Labute approximate surface area is 187 Å². The molecule has 3 rings (SSSR count). The molecule has 6 nitrogen and oxygen atoms in total. The van der Waals surface area contributed by atoms with Gasteiger partial charge in [0.05, 0.1) is 17.4 Å². The molecule has 1 N–H and O–H groups in total. The fraction of sp³-hybridized carbons (Fsp3) is 0.611. The Bertz CT molecular complexity index is 725. The first kappa shape index (κ1) is 22.4. The van der Waals surface area contributed by atoms with Crippen molar-refractivity contribution >= 4 is 52.9 Å². The van der Waals surface area contributed by atoms with Crippen LogP contribution < -0.4 is 5.32 Å². The topological polar surface area (TPSA) is 58.3 Å². The quantitative estimate of drug-likeness (QED) is 0.336. The summed E-state index contributed by atoms with van der Waals surface area (Å²) in [7, 11) is 2.09. The van der Waals surface area contributed by atoms with Crippen molar-refractivity contribution in [3.8, 4) is 0 Å². The number of hydrogen-bond donors (Lipinski definition) is 1. The highest BCUT2D eigenvalue weighted by Crippen LogP contribution is 2.23. The number of halogens is 2. The van der Waals surface area contributed by atoms with Crippen molar-refractivity contribution in [2.45, 2.75) is 58.2 Å². The first-order chi connectivity index (χ1) is 12.7. The number of nitrogens with zero attached hydrogens (tertiary/aromatic N) is 5. The van der Waals surface area contributed by atoms with E-state index in [1.807, 2.05) is 6.07 Å². The molecule has 1 aliphatic carbocycles. The smallest absolute Gasteiger partial charge is 0.194 e. The third-order valence-electron chi connectivity index (χ3n) is 4.69. The minimum atomic E-state index is 0. The van der Waals surface area contributed by atoms with Gasteiger partial charge in [0.2, 0.25) is 0 Å². The zero-order valence-electron chi connectivity index (χ0n) is 15.9. The van der Waals surface area contributed by atoms with Crippen LogP contribution in [0.25, 0.3) is 0 Å². The Morgan fingerprint density at radius 2 is 2.19 bits per heavy atom. The molecule has 2 aromatic heterocycles. The Morgan fingerprint density at radius 1 is 1.41 bits per heavy atom. The zero-order valence-corrected chi connectivity index (χ0v) is 19.8. The van der Waals surface area contributed by atoms with Gasteiger partial charge in [-0.2, -0.15) is 0 Å². The highest BCUT2D eigenvalue weighted by molar-refractivity contribution is 14.0. The average molecular weight is 523 g/mol. The molecule has 0 saturated heterocycles. The monoisotopic (exact) mass is 522 g/mol. The summed E-state index contributed by atoms with van der Waals surface area (Å²) in [6.07, 6.45) is 7.73. The van der Waals surface area contributed by atoms with Gasteiger partial charge >= 0.3 is 0 Å². The predicted molar refractivity (Wildman–Crippen MR) is 123 cm³/mol. The summed E-state index contributed by atoms with van der Waals surface area (Å²) in [5.41, 5.74) is 0. The summed E-state index contributed by atoms with van der Waals surface area (Å²) in [5.74, 6) is 1.97. The van der Waals surface area contributed by atoms with Crippen molar-refractivity contribution in [1.29, 1.82) is 0 Å². The van der Waals surface area contributed by atoms with Crippen LogP contribution in [0.3, 0.4) is 0 Å². The van der Waals surface area contributed by atoms with E-state index >= 15 is 0 Å². The lowest BCUT2D eigenvalue weighted by Gasteiger charge is -2.25. The van der Waals surface area contributed by atoms with Gasteiger partial charge in [-0.05, 0) is 25.0 Å². The second-order valence-electron chi connectivity index (χ2n) is 6.69. The maximum absolute atomic E-state index is 6.07. The molecular formula is C18H28ClIN6S. The van der Waals surface area contributed by atoms with E-state index in [4.69, 9.17) is 16.6 Å². The van der Waals surface area contributed by atoms with Gasteiger partial charge in [-0.3, -0.25) is 4.99 Å². The third-order valence-corrected chi connectivity index (χ3v) is 5.90. The molecule has 9 heteroatoms. The molecule has 1 saturated carbocycles. The standard InChI is InChI=1S/C18H27ClN6S.HI/c1-3-17-23-21-13-25(17)11-10-20-18(22-14-6-4-5-7-14)24(2)12-15-8-9-16(19)26-15;/h8-9,13-14H,3-7,10-12H2,1-2H3,(H,20,22);1H. The van der Waals surface area contributed by atoms with E-state index in [1.54, 1.807) is 17.7 Å². The van der Waals surface area contributed by atoms with Crippen LogP contribution in [-0.4, -0.2) is 45.3 Å².